The number of allylic oxidation sites excluding steroid dienone is 1. The first-order valence-electron chi connectivity index (χ1n) is 6.51. The largest absolute Gasteiger partial charge is 0.468 e. The Morgan fingerprint density at radius 2 is 2.05 bits per heavy atom. The van der Waals surface area contributed by atoms with E-state index in [0.29, 0.717) is 5.56 Å². The second-order valence-electron chi connectivity index (χ2n) is 5.27. The van der Waals surface area contributed by atoms with Crippen molar-refractivity contribution in [1.82, 2.24) is 4.90 Å². The van der Waals surface area contributed by atoms with Crippen molar-refractivity contribution in [3.63, 3.8) is 0 Å². The summed E-state index contributed by atoms with van der Waals surface area (Å²) >= 11 is 0. The predicted octanol–water partition coefficient (Wildman–Crippen LogP) is 2.19. The van der Waals surface area contributed by atoms with Crippen LogP contribution in [0.15, 0.2) is 36.5 Å². The van der Waals surface area contributed by atoms with E-state index >= 15 is 0 Å². The molecule has 1 unspecified atom stereocenters. The Bertz CT molecular complexity index is 554. The summed E-state index contributed by atoms with van der Waals surface area (Å²) < 4.78 is 18.0. The minimum atomic E-state index is -1.38. The molecule has 0 aliphatic heterocycles. The average molecular weight is 293 g/mol. The van der Waals surface area contributed by atoms with Crippen LogP contribution < -0.4 is 0 Å². The number of carbonyl (C=O) groups is 2. The maximum absolute atomic E-state index is 13.3. The van der Waals surface area contributed by atoms with Gasteiger partial charge in [-0.2, -0.15) is 0 Å². The van der Waals surface area contributed by atoms with Gasteiger partial charge in [-0.25, -0.2) is 4.39 Å². The molecular formula is C16H20FNO3. The highest BCUT2D eigenvalue weighted by Crippen LogP contribution is 2.26. The van der Waals surface area contributed by atoms with Crippen molar-refractivity contribution in [2.24, 2.45) is 5.41 Å². The normalized spacial score (nSPS) is 13.8. The lowest BCUT2D eigenvalue weighted by atomic mass is 9.79. The molecule has 0 heterocycles. The van der Waals surface area contributed by atoms with E-state index in [4.69, 9.17) is 4.74 Å². The molecule has 4 nitrogen and oxygen atoms in total. The van der Waals surface area contributed by atoms with E-state index in [0.717, 1.165) is 0 Å². The smallest absolute Gasteiger partial charge is 0.319 e. The van der Waals surface area contributed by atoms with Gasteiger partial charge in [0.1, 0.15) is 11.2 Å². The van der Waals surface area contributed by atoms with Gasteiger partial charge in [0.15, 0.2) is 5.78 Å². The van der Waals surface area contributed by atoms with Crippen LogP contribution in [0.3, 0.4) is 0 Å². The van der Waals surface area contributed by atoms with E-state index in [1.807, 2.05) is 0 Å². The first-order valence-corrected chi connectivity index (χ1v) is 6.51. The highest BCUT2D eigenvalue weighted by atomic mass is 19.1. The maximum atomic E-state index is 13.3. The molecule has 0 aliphatic rings. The molecule has 5 heteroatoms. The minimum Gasteiger partial charge on any atom is -0.468 e. The lowest BCUT2D eigenvalue weighted by Crippen LogP contribution is -2.38. The van der Waals surface area contributed by atoms with E-state index in [2.05, 4.69) is 0 Å². The maximum Gasteiger partial charge on any atom is 0.319 e. The van der Waals surface area contributed by atoms with E-state index in [1.165, 1.54) is 32.2 Å². The highest BCUT2D eigenvalue weighted by Gasteiger charge is 2.40. The van der Waals surface area contributed by atoms with Crippen molar-refractivity contribution in [3.8, 4) is 0 Å². The molecule has 0 spiro atoms. The fourth-order valence-electron chi connectivity index (χ4n) is 1.94. The Labute approximate surface area is 124 Å². The van der Waals surface area contributed by atoms with Gasteiger partial charge in [0.2, 0.25) is 0 Å². The Balaban J connectivity index is 3.09. The lowest BCUT2D eigenvalue weighted by Gasteiger charge is -2.24. The van der Waals surface area contributed by atoms with Gasteiger partial charge in [-0.1, -0.05) is 12.1 Å². The number of nitrogens with zero attached hydrogens (tertiary/aromatic N) is 1. The van der Waals surface area contributed by atoms with Gasteiger partial charge in [0.05, 0.1) is 7.11 Å². The molecule has 1 aromatic rings. The van der Waals surface area contributed by atoms with Gasteiger partial charge < -0.3 is 9.64 Å². The van der Waals surface area contributed by atoms with Crippen LogP contribution in [0.1, 0.15) is 12.5 Å². The second-order valence-corrected chi connectivity index (χ2v) is 5.27. The van der Waals surface area contributed by atoms with Gasteiger partial charge >= 0.3 is 5.97 Å². The van der Waals surface area contributed by atoms with Crippen LogP contribution in [-0.2, 0) is 20.7 Å². The fraction of sp³-hybridized carbons (Fsp3) is 0.375. The zero-order chi connectivity index (χ0) is 16.0. The van der Waals surface area contributed by atoms with Crippen LogP contribution in [0.25, 0.3) is 0 Å². The van der Waals surface area contributed by atoms with Crippen LogP contribution in [0.4, 0.5) is 4.39 Å². The number of halogens is 1. The van der Waals surface area contributed by atoms with Crippen molar-refractivity contribution in [1.29, 1.82) is 0 Å². The van der Waals surface area contributed by atoms with Crippen LogP contribution in [-0.4, -0.2) is 37.9 Å². The number of ether oxygens (including phenoxy) is 1. The molecule has 0 saturated heterocycles. The molecule has 0 fully saturated rings. The van der Waals surface area contributed by atoms with Crippen LogP contribution in [0, 0.1) is 11.2 Å². The summed E-state index contributed by atoms with van der Waals surface area (Å²) in [5.74, 6) is -1.43. The molecule has 1 atom stereocenters. The topological polar surface area (TPSA) is 46.6 Å². The molecule has 0 aliphatic carbocycles. The monoisotopic (exact) mass is 293 g/mol. The zero-order valence-corrected chi connectivity index (χ0v) is 12.7. The van der Waals surface area contributed by atoms with Crippen LogP contribution in [0.5, 0.6) is 0 Å². The number of esters is 1. The Hall–Kier alpha value is -2.17. The number of hydrogen-bond donors (Lipinski definition) is 0. The summed E-state index contributed by atoms with van der Waals surface area (Å²) in [6.45, 7) is 1.51. The molecule has 0 saturated carbocycles. The number of hydrogen-bond acceptors (Lipinski definition) is 4. The number of benzene rings is 1. The summed E-state index contributed by atoms with van der Waals surface area (Å²) in [7, 11) is 4.77. The van der Waals surface area contributed by atoms with E-state index < -0.39 is 17.2 Å². The van der Waals surface area contributed by atoms with Gasteiger partial charge in [0.25, 0.3) is 0 Å². The van der Waals surface area contributed by atoms with Crippen molar-refractivity contribution in [3.05, 3.63) is 47.9 Å². The quantitative estimate of drug-likeness (QED) is 0.458. The molecule has 1 aromatic carbocycles. The zero-order valence-electron chi connectivity index (χ0n) is 12.7. The first-order chi connectivity index (χ1) is 9.79. The highest BCUT2D eigenvalue weighted by molar-refractivity contribution is 6.09. The lowest BCUT2D eigenvalue weighted by molar-refractivity contribution is -0.155. The van der Waals surface area contributed by atoms with Gasteiger partial charge in [-0.05, 0) is 37.1 Å². The average Bonchev–Trinajstić information content (AvgIpc) is 2.43. The second kappa shape index (κ2) is 7.02. The molecule has 0 bridgehead atoms. The summed E-state index contributed by atoms with van der Waals surface area (Å²) in [6.07, 6.45) is 2.97. The van der Waals surface area contributed by atoms with Crippen molar-refractivity contribution in [2.75, 3.05) is 21.2 Å². The molecular weight excluding hydrogens is 273 g/mol. The van der Waals surface area contributed by atoms with Crippen LogP contribution in [0.2, 0.25) is 0 Å². The Morgan fingerprint density at radius 1 is 1.38 bits per heavy atom. The number of carbonyl (C=O) groups excluding carboxylic acids is 2. The standard InChI is InChI=1S/C16H20FNO3/c1-16(15(20)21-4,14(19)8-9-18(2)3)11-12-6-5-7-13(17)10-12/h5-10H,11H2,1-4H3. The minimum absolute atomic E-state index is 0.0774. The molecule has 21 heavy (non-hydrogen) atoms. The molecule has 0 radical (unpaired) electrons. The number of rotatable bonds is 6. The Kier molecular flexibility index (Phi) is 5.64. The van der Waals surface area contributed by atoms with Crippen LogP contribution >= 0.6 is 0 Å². The summed E-state index contributed by atoms with van der Waals surface area (Å²) in [5, 5.41) is 0. The number of ketones is 1. The molecule has 114 valence electrons. The summed E-state index contributed by atoms with van der Waals surface area (Å²) in [5.41, 5.74) is -0.816. The Morgan fingerprint density at radius 3 is 2.57 bits per heavy atom. The third-order valence-corrected chi connectivity index (χ3v) is 3.15. The SMILES string of the molecule is COC(=O)C(C)(Cc1cccc(F)c1)C(=O)C=CN(C)C. The molecule has 0 aromatic heterocycles. The third-order valence-electron chi connectivity index (χ3n) is 3.15. The molecule has 0 N–H and O–H groups in total. The van der Waals surface area contributed by atoms with E-state index in [-0.39, 0.29) is 12.2 Å². The van der Waals surface area contributed by atoms with E-state index in [9.17, 15) is 14.0 Å². The van der Waals surface area contributed by atoms with Crippen molar-refractivity contribution in [2.45, 2.75) is 13.3 Å². The van der Waals surface area contributed by atoms with Gasteiger partial charge in [-0.3, -0.25) is 9.59 Å². The van der Waals surface area contributed by atoms with Crippen molar-refractivity contribution >= 4 is 11.8 Å². The van der Waals surface area contributed by atoms with Gasteiger partial charge in [0, 0.05) is 20.3 Å². The van der Waals surface area contributed by atoms with Gasteiger partial charge in [-0.15, -0.1) is 0 Å². The first kappa shape index (κ1) is 16.9. The predicted molar refractivity (Wildman–Crippen MR) is 78.1 cm³/mol. The van der Waals surface area contributed by atoms with Crippen molar-refractivity contribution < 1.29 is 18.7 Å². The molecule has 1 rings (SSSR count). The van der Waals surface area contributed by atoms with E-state index in [1.54, 1.807) is 37.3 Å². The number of methoxy groups -OCH3 is 1. The summed E-state index contributed by atoms with van der Waals surface area (Å²) in [6, 6.07) is 5.84. The summed E-state index contributed by atoms with van der Waals surface area (Å²) in [4.78, 5) is 26.1. The molecule has 0 amide bonds. The fourth-order valence-corrected chi connectivity index (χ4v) is 1.94. The third kappa shape index (κ3) is 4.41.